The molecular formula is C15H24N2O3. The number of hydrogen-bond donors (Lipinski definition) is 0. The molecule has 0 N–H and O–H groups in total. The van der Waals surface area contributed by atoms with Crippen LogP contribution in [0.3, 0.4) is 0 Å². The van der Waals surface area contributed by atoms with Gasteiger partial charge in [0.2, 0.25) is 0 Å². The van der Waals surface area contributed by atoms with Crippen molar-refractivity contribution in [1.29, 1.82) is 0 Å². The lowest BCUT2D eigenvalue weighted by atomic mass is 10.1. The van der Waals surface area contributed by atoms with Crippen LogP contribution in [0.25, 0.3) is 5.53 Å². The van der Waals surface area contributed by atoms with Crippen molar-refractivity contribution in [1.82, 2.24) is 0 Å². The second-order valence-corrected chi connectivity index (χ2v) is 4.49. The van der Waals surface area contributed by atoms with Crippen LogP contribution < -0.4 is 0 Å². The molecule has 20 heavy (non-hydrogen) atoms. The molecule has 0 aliphatic rings. The first-order valence-electron chi connectivity index (χ1n) is 7.27. The Morgan fingerprint density at radius 1 is 1.10 bits per heavy atom. The second-order valence-electron chi connectivity index (χ2n) is 4.49. The number of carbonyl (C=O) groups excluding carboxylic acids is 2. The number of unbranched alkanes of at least 4 members (excludes halogenated alkanes) is 6. The van der Waals surface area contributed by atoms with Crippen molar-refractivity contribution >= 4 is 17.5 Å². The molecule has 0 amide bonds. The lowest BCUT2D eigenvalue weighted by molar-refractivity contribution is -0.141. The van der Waals surface area contributed by atoms with Gasteiger partial charge in [-0.2, -0.15) is 4.79 Å². The van der Waals surface area contributed by atoms with Crippen LogP contribution in [0.2, 0.25) is 0 Å². The highest BCUT2D eigenvalue weighted by Crippen LogP contribution is 2.07. The van der Waals surface area contributed by atoms with Gasteiger partial charge in [0.25, 0.3) is 5.78 Å². The van der Waals surface area contributed by atoms with E-state index >= 15 is 0 Å². The first kappa shape index (κ1) is 18.3. The van der Waals surface area contributed by atoms with Crippen LogP contribution in [0.4, 0.5) is 0 Å². The summed E-state index contributed by atoms with van der Waals surface area (Å²) in [4.78, 5) is 25.6. The molecule has 112 valence electrons. The molecule has 0 aromatic carbocycles. The molecule has 0 fully saturated rings. The number of allylic oxidation sites excluding steroid dienone is 2. The Balaban J connectivity index is 3.97. The quantitative estimate of drug-likeness (QED) is 0.111. The van der Waals surface area contributed by atoms with E-state index in [2.05, 4.69) is 16.5 Å². The molecule has 0 atom stereocenters. The van der Waals surface area contributed by atoms with Gasteiger partial charge >= 0.3 is 11.7 Å². The molecule has 0 radical (unpaired) electrons. The van der Waals surface area contributed by atoms with Gasteiger partial charge in [0, 0.05) is 0 Å². The predicted molar refractivity (Wildman–Crippen MR) is 77.4 cm³/mol. The van der Waals surface area contributed by atoms with E-state index in [0.29, 0.717) is 0 Å². The Hall–Kier alpha value is -1.74. The van der Waals surface area contributed by atoms with Crippen molar-refractivity contribution in [2.24, 2.45) is 0 Å². The molecule has 5 heteroatoms. The minimum atomic E-state index is -0.899. The van der Waals surface area contributed by atoms with Gasteiger partial charge in [0.1, 0.15) is 0 Å². The SMILES string of the molecule is CCCCCCCC/C=C/C(=O)C(=[N+]=[N-])C(=O)OCC. The zero-order chi connectivity index (χ0) is 15.2. The lowest BCUT2D eigenvalue weighted by Crippen LogP contribution is -2.26. The molecule has 0 unspecified atom stereocenters. The molecule has 0 spiro atoms. The van der Waals surface area contributed by atoms with E-state index in [9.17, 15) is 9.59 Å². The molecule has 0 aliphatic carbocycles. The van der Waals surface area contributed by atoms with Crippen molar-refractivity contribution < 1.29 is 19.1 Å². The van der Waals surface area contributed by atoms with Crippen LogP contribution in [0, 0.1) is 0 Å². The van der Waals surface area contributed by atoms with Gasteiger partial charge < -0.3 is 10.3 Å². The summed E-state index contributed by atoms with van der Waals surface area (Å²) in [6.45, 7) is 3.93. The van der Waals surface area contributed by atoms with Gasteiger partial charge in [-0.1, -0.05) is 45.1 Å². The molecule has 0 saturated carbocycles. The maximum Gasteiger partial charge on any atom is 0.445 e. The number of nitrogens with zero attached hydrogens (tertiary/aromatic N) is 2. The fraction of sp³-hybridized carbons (Fsp3) is 0.667. The first-order chi connectivity index (χ1) is 9.67. The molecule has 5 nitrogen and oxygen atoms in total. The summed E-state index contributed by atoms with van der Waals surface area (Å²) in [6.07, 6.45) is 10.8. The summed E-state index contributed by atoms with van der Waals surface area (Å²) >= 11 is 0. The topological polar surface area (TPSA) is 79.8 Å². The summed E-state index contributed by atoms with van der Waals surface area (Å²) in [7, 11) is 0. The number of hydrogen-bond acceptors (Lipinski definition) is 3. The minimum absolute atomic E-state index is 0.132. The molecule has 0 saturated heterocycles. The standard InChI is InChI=1S/C15H24N2O3/c1-3-5-6-7-8-9-10-11-12-13(18)14(17-16)15(19)20-4-2/h11-12H,3-10H2,1-2H3/b12-11+. The van der Waals surface area contributed by atoms with E-state index in [1.165, 1.54) is 31.8 Å². The van der Waals surface area contributed by atoms with Gasteiger partial charge in [-0.25, -0.2) is 4.79 Å². The van der Waals surface area contributed by atoms with E-state index in [4.69, 9.17) is 5.53 Å². The zero-order valence-electron chi connectivity index (χ0n) is 12.4. The molecular weight excluding hydrogens is 256 g/mol. The Morgan fingerprint density at radius 3 is 2.35 bits per heavy atom. The van der Waals surface area contributed by atoms with Crippen molar-refractivity contribution in [3.8, 4) is 0 Å². The van der Waals surface area contributed by atoms with E-state index in [-0.39, 0.29) is 6.61 Å². The number of ether oxygens (including phenoxy) is 1. The summed E-state index contributed by atoms with van der Waals surface area (Å²) in [5.74, 6) is -1.53. The van der Waals surface area contributed by atoms with Crippen LogP contribution in [0.15, 0.2) is 12.2 Å². The van der Waals surface area contributed by atoms with Crippen molar-refractivity contribution in [3.63, 3.8) is 0 Å². The fourth-order valence-electron chi connectivity index (χ4n) is 1.70. The van der Waals surface area contributed by atoms with E-state index in [0.717, 1.165) is 19.3 Å². The van der Waals surface area contributed by atoms with Crippen molar-refractivity contribution in [2.75, 3.05) is 6.61 Å². The average molecular weight is 280 g/mol. The third-order valence-electron chi connectivity index (χ3n) is 2.80. The third kappa shape index (κ3) is 8.38. The molecule has 0 rings (SSSR count). The fourth-order valence-corrected chi connectivity index (χ4v) is 1.70. The number of ketones is 1. The number of carbonyl (C=O) groups is 2. The highest BCUT2D eigenvalue weighted by Gasteiger charge is 2.28. The Kier molecular flexibility index (Phi) is 11.2. The summed E-state index contributed by atoms with van der Waals surface area (Å²) in [5.41, 5.74) is 8.07. The van der Waals surface area contributed by atoms with Gasteiger partial charge in [-0.3, -0.25) is 4.79 Å². The summed E-state index contributed by atoms with van der Waals surface area (Å²) < 4.78 is 4.61. The normalized spacial score (nSPS) is 10.3. The Bertz CT molecular complexity index is 383. The Morgan fingerprint density at radius 2 is 1.75 bits per heavy atom. The molecule has 0 bridgehead atoms. The predicted octanol–water partition coefficient (Wildman–Crippen LogP) is 3.10. The van der Waals surface area contributed by atoms with Gasteiger partial charge in [0.05, 0.1) is 6.61 Å². The van der Waals surface area contributed by atoms with Crippen molar-refractivity contribution in [3.05, 3.63) is 17.7 Å². The smallest absolute Gasteiger partial charge is 0.445 e. The molecule has 0 aliphatic heterocycles. The van der Waals surface area contributed by atoms with E-state index in [1.54, 1.807) is 13.0 Å². The van der Waals surface area contributed by atoms with Crippen molar-refractivity contribution in [2.45, 2.75) is 58.8 Å². The Labute approximate surface area is 120 Å². The van der Waals surface area contributed by atoms with E-state index in [1.807, 2.05) is 0 Å². The maximum atomic E-state index is 11.6. The number of esters is 1. The largest absolute Gasteiger partial charge is 0.457 e. The highest BCUT2D eigenvalue weighted by molar-refractivity contribution is 6.64. The van der Waals surface area contributed by atoms with E-state index < -0.39 is 17.5 Å². The van der Waals surface area contributed by atoms with Crippen LogP contribution in [0.1, 0.15) is 58.8 Å². The molecule has 0 aromatic heterocycles. The second kappa shape index (κ2) is 12.3. The monoisotopic (exact) mass is 280 g/mol. The van der Waals surface area contributed by atoms with Crippen LogP contribution in [0.5, 0.6) is 0 Å². The summed E-state index contributed by atoms with van der Waals surface area (Å²) in [6, 6.07) is 0. The van der Waals surface area contributed by atoms with Gasteiger partial charge in [-0.15, -0.1) is 0 Å². The van der Waals surface area contributed by atoms with Crippen LogP contribution in [-0.2, 0) is 14.3 Å². The summed E-state index contributed by atoms with van der Waals surface area (Å²) in [5, 5.41) is 0. The molecule has 0 aromatic rings. The van der Waals surface area contributed by atoms with Gasteiger partial charge in [0.15, 0.2) is 0 Å². The average Bonchev–Trinajstić information content (AvgIpc) is 2.43. The zero-order valence-corrected chi connectivity index (χ0v) is 12.4. The van der Waals surface area contributed by atoms with Crippen LogP contribution in [-0.4, -0.2) is 28.9 Å². The first-order valence-corrected chi connectivity index (χ1v) is 7.27. The maximum absolute atomic E-state index is 11.6. The minimum Gasteiger partial charge on any atom is -0.457 e. The van der Waals surface area contributed by atoms with Gasteiger partial charge in [-0.05, 0) is 25.8 Å². The molecule has 0 heterocycles. The number of rotatable bonds is 11. The lowest BCUT2D eigenvalue weighted by Gasteiger charge is -1.97. The third-order valence-corrected chi connectivity index (χ3v) is 2.80. The van der Waals surface area contributed by atoms with Crippen LogP contribution >= 0.6 is 0 Å². The highest BCUT2D eigenvalue weighted by atomic mass is 16.5.